The molecule has 1 N–H and O–H groups in total. The third-order valence-corrected chi connectivity index (χ3v) is 6.53. The maximum atomic E-state index is 12.6. The molecule has 3 rings (SSSR count). The number of carbonyl (C=O) groups is 1. The van der Waals surface area contributed by atoms with Gasteiger partial charge in [-0.3, -0.25) is 9.48 Å². The first-order chi connectivity index (χ1) is 11.8. The third-order valence-electron chi connectivity index (χ3n) is 4.46. The van der Waals surface area contributed by atoms with E-state index in [1.54, 1.807) is 10.9 Å². The highest BCUT2D eigenvalue weighted by Gasteiger charge is 2.38. The van der Waals surface area contributed by atoms with E-state index in [0.29, 0.717) is 31.5 Å². The van der Waals surface area contributed by atoms with Gasteiger partial charge in [0.1, 0.15) is 6.04 Å². The van der Waals surface area contributed by atoms with E-state index in [2.05, 4.69) is 15.4 Å². The van der Waals surface area contributed by atoms with Gasteiger partial charge in [-0.05, 0) is 32.3 Å². The van der Waals surface area contributed by atoms with E-state index in [9.17, 15) is 13.2 Å². The van der Waals surface area contributed by atoms with Gasteiger partial charge in [-0.25, -0.2) is 13.4 Å². The Hall–Kier alpha value is -2.00. The van der Waals surface area contributed by atoms with Crippen molar-refractivity contribution < 1.29 is 13.2 Å². The zero-order valence-electron chi connectivity index (χ0n) is 14.7. The predicted octanol–water partition coefficient (Wildman–Crippen LogP) is 1.42. The molecule has 2 aromatic heterocycles. The Bertz CT molecular complexity index is 906. The Labute approximate surface area is 147 Å². The fourth-order valence-electron chi connectivity index (χ4n) is 3.31. The number of hydrogen-bond donors (Lipinski definition) is 1. The molecule has 0 unspecified atom stereocenters. The molecule has 8 nitrogen and oxygen atoms in total. The SMILES string of the molecule is CCCS(=O)(=O)N1CCC[C@H]1C(=O)Nc1cnc2c(c1)c(C)nn2C. The Morgan fingerprint density at radius 2 is 2.20 bits per heavy atom. The van der Waals surface area contributed by atoms with Gasteiger partial charge in [-0.1, -0.05) is 6.92 Å². The van der Waals surface area contributed by atoms with Crippen LogP contribution < -0.4 is 5.32 Å². The second kappa shape index (κ2) is 6.72. The minimum absolute atomic E-state index is 0.0686. The van der Waals surface area contributed by atoms with Crippen molar-refractivity contribution in [3.63, 3.8) is 0 Å². The molecule has 0 radical (unpaired) electrons. The lowest BCUT2D eigenvalue weighted by Crippen LogP contribution is -2.44. The van der Waals surface area contributed by atoms with Crippen LogP contribution in [-0.2, 0) is 21.9 Å². The zero-order chi connectivity index (χ0) is 18.2. The molecule has 1 aliphatic rings. The van der Waals surface area contributed by atoms with Crippen LogP contribution in [0.3, 0.4) is 0 Å². The first-order valence-electron chi connectivity index (χ1n) is 8.43. The monoisotopic (exact) mass is 365 g/mol. The van der Waals surface area contributed by atoms with Gasteiger partial charge in [0.15, 0.2) is 5.65 Å². The van der Waals surface area contributed by atoms with E-state index in [1.165, 1.54) is 4.31 Å². The van der Waals surface area contributed by atoms with E-state index in [4.69, 9.17) is 0 Å². The highest BCUT2D eigenvalue weighted by atomic mass is 32.2. The van der Waals surface area contributed by atoms with Gasteiger partial charge < -0.3 is 5.32 Å². The van der Waals surface area contributed by atoms with Crippen LogP contribution in [0, 0.1) is 6.92 Å². The van der Waals surface area contributed by atoms with Crippen LogP contribution in [0.2, 0.25) is 0 Å². The van der Waals surface area contributed by atoms with Crippen molar-refractivity contribution >= 4 is 32.7 Å². The van der Waals surface area contributed by atoms with Gasteiger partial charge in [-0.2, -0.15) is 9.40 Å². The number of aryl methyl sites for hydroxylation is 2. The average molecular weight is 365 g/mol. The number of pyridine rings is 1. The molecule has 1 fully saturated rings. The number of aromatic nitrogens is 3. The van der Waals surface area contributed by atoms with Crippen molar-refractivity contribution in [1.29, 1.82) is 0 Å². The molecule has 1 saturated heterocycles. The van der Waals surface area contributed by atoms with Gasteiger partial charge in [0.05, 0.1) is 23.3 Å². The number of hydrogen-bond acceptors (Lipinski definition) is 5. The Kier molecular flexibility index (Phi) is 4.79. The first kappa shape index (κ1) is 17.8. The van der Waals surface area contributed by atoms with E-state index in [-0.39, 0.29) is 11.7 Å². The molecular weight excluding hydrogens is 342 g/mol. The summed E-state index contributed by atoms with van der Waals surface area (Å²) in [6.07, 6.45) is 3.34. The van der Waals surface area contributed by atoms with Crippen LogP contribution >= 0.6 is 0 Å². The standard InChI is InChI=1S/C16H23N5O3S/c1-4-8-25(23,24)21-7-5-6-14(21)16(22)18-12-9-13-11(2)19-20(3)15(13)17-10-12/h9-10,14H,4-8H2,1-3H3,(H,18,22)/t14-/m0/s1. The molecule has 1 amide bonds. The van der Waals surface area contributed by atoms with Crippen LogP contribution in [0.15, 0.2) is 12.3 Å². The molecule has 3 heterocycles. The number of carbonyl (C=O) groups excluding carboxylic acids is 1. The van der Waals surface area contributed by atoms with Crippen LogP contribution in [0.1, 0.15) is 31.9 Å². The van der Waals surface area contributed by atoms with Crippen LogP contribution in [-0.4, -0.2) is 51.7 Å². The number of amides is 1. The molecule has 1 aliphatic heterocycles. The highest BCUT2D eigenvalue weighted by Crippen LogP contribution is 2.24. The molecule has 0 aliphatic carbocycles. The molecule has 136 valence electrons. The average Bonchev–Trinajstić information content (AvgIpc) is 3.14. The van der Waals surface area contributed by atoms with Crippen molar-refractivity contribution in [2.24, 2.45) is 7.05 Å². The number of sulfonamides is 1. The summed E-state index contributed by atoms with van der Waals surface area (Å²) in [6, 6.07) is 1.17. The van der Waals surface area contributed by atoms with E-state index in [0.717, 1.165) is 16.7 Å². The Morgan fingerprint density at radius 1 is 1.44 bits per heavy atom. The number of nitrogens with one attached hydrogen (secondary N) is 1. The second-order valence-corrected chi connectivity index (χ2v) is 8.42. The molecule has 25 heavy (non-hydrogen) atoms. The summed E-state index contributed by atoms with van der Waals surface area (Å²) in [7, 11) is -1.58. The molecular formula is C16H23N5O3S. The summed E-state index contributed by atoms with van der Waals surface area (Å²) in [4.78, 5) is 17.0. The fraction of sp³-hybridized carbons (Fsp3) is 0.562. The first-order valence-corrected chi connectivity index (χ1v) is 10.0. The molecule has 2 aromatic rings. The largest absolute Gasteiger partial charge is 0.323 e. The van der Waals surface area contributed by atoms with Crippen molar-refractivity contribution in [1.82, 2.24) is 19.1 Å². The highest BCUT2D eigenvalue weighted by molar-refractivity contribution is 7.89. The van der Waals surface area contributed by atoms with Gasteiger partial charge >= 0.3 is 0 Å². The molecule has 0 bridgehead atoms. The van der Waals surface area contributed by atoms with Crippen molar-refractivity contribution in [3.8, 4) is 0 Å². The molecule has 0 spiro atoms. The number of nitrogens with zero attached hydrogens (tertiary/aromatic N) is 4. The Morgan fingerprint density at radius 3 is 2.92 bits per heavy atom. The lowest BCUT2D eigenvalue weighted by molar-refractivity contribution is -0.119. The van der Waals surface area contributed by atoms with Crippen molar-refractivity contribution in [2.75, 3.05) is 17.6 Å². The van der Waals surface area contributed by atoms with Gasteiger partial charge in [-0.15, -0.1) is 0 Å². The predicted molar refractivity (Wildman–Crippen MR) is 95.7 cm³/mol. The lowest BCUT2D eigenvalue weighted by Gasteiger charge is -2.23. The minimum atomic E-state index is -3.39. The quantitative estimate of drug-likeness (QED) is 0.864. The topological polar surface area (TPSA) is 97.2 Å². The summed E-state index contributed by atoms with van der Waals surface area (Å²) in [5.74, 6) is -0.237. The van der Waals surface area contributed by atoms with Crippen molar-refractivity contribution in [2.45, 2.75) is 39.2 Å². The normalized spacial score (nSPS) is 18.8. The summed E-state index contributed by atoms with van der Waals surface area (Å²) in [6.45, 7) is 4.10. The van der Waals surface area contributed by atoms with Gasteiger partial charge in [0.25, 0.3) is 0 Å². The maximum Gasteiger partial charge on any atom is 0.242 e. The summed E-state index contributed by atoms with van der Waals surface area (Å²) in [5, 5.41) is 7.98. The Balaban J connectivity index is 1.81. The second-order valence-electron chi connectivity index (χ2n) is 6.38. The summed E-state index contributed by atoms with van der Waals surface area (Å²) in [5.41, 5.74) is 2.12. The zero-order valence-corrected chi connectivity index (χ0v) is 15.5. The molecule has 0 aromatic carbocycles. The smallest absolute Gasteiger partial charge is 0.242 e. The number of rotatable bonds is 5. The van der Waals surface area contributed by atoms with E-state index in [1.807, 2.05) is 27.0 Å². The molecule has 9 heteroatoms. The number of anilines is 1. The third kappa shape index (κ3) is 3.38. The van der Waals surface area contributed by atoms with Crippen LogP contribution in [0.25, 0.3) is 11.0 Å². The molecule has 1 atom stereocenters. The lowest BCUT2D eigenvalue weighted by atomic mass is 10.2. The van der Waals surface area contributed by atoms with Crippen LogP contribution in [0.4, 0.5) is 5.69 Å². The minimum Gasteiger partial charge on any atom is -0.323 e. The van der Waals surface area contributed by atoms with Crippen molar-refractivity contribution in [3.05, 3.63) is 18.0 Å². The molecule has 0 saturated carbocycles. The van der Waals surface area contributed by atoms with Crippen LogP contribution in [0.5, 0.6) is 0 Å². The van der Waals surface area contributed by atoms with Gasteiger partial charge in [0, 0.05) is 19.0 Å². The van der Waals surface area contributed by atoms with E-state index < -0.39 is 16.1 Å². The summed E-state index contributed by atoms with van der Waals surface area (Å²) < 4.78 is 27.7. The van der Waals surface area contributed by atoms with E-state index >= 15 is 0 Å². The fourth-order valence-corrected chi connectivity index (χ4v) is 5.06. The number of fused-ring (bicyclic) bond motifs is 1. The summed E-state index contributed by atoms with van der Waals surface area (Å²) >= 11 is 0. The van der Waals surface area contributed by atoms with Gasteiger partial charge in [0.2, 0.25) is 15.9 Å². The maximum absolute atomic E-state index is 12.6.